The van der Waals surface area contributed by atoms with Crippen LogP contribution in [0.4, 0.5) is 10.5 Å². The number of piperidine rings is 1. The number of nitrogens with zero attached hydrogens (tertiary/aromatic N) is 3. The molecule has 2 aliphatic heterocycles. The predicted octanol–water partition coefficient (Wildman–Crippen LogP) is 6.02. The van der Waals surface area contributed by atoms with Gasteiger partial charge >= 0.3 is 6.03 Å². The molecule has 1 N–H and O–H groups in total. The summed E-state index contributed by atoms with van der Waals surface area (Å²) in [6.07, 6.45) is 2.53. The number of hydrogen-bond donors (Lipinski definition) is 1. The first kappa shape index (κ1) is 21.9. The van der Waals surface area contributed by atoms with Gasteiger partial charge in [0.2, 0.25) is 0 Å². The van der Waals surface area contributed by atoms with Crippen LogP contribution in [0.5, 0.6) is 0 Å². The maximum atomic E-state index is 12.7. The Hall–Kier alpha value is -2.31. The molecule has 0 unspecified atom stereocenters. The lowest BCUT2D eigenvalue weighted by atomic mass is 9.98. The van der Waals surface area contributed by atoms with Crippen LogP contribution in [0.2, 0.25) is 5.02 Å². The van der Waals surface area contributed by atoms with Crippen molar-refractivity contribution in [2.45, 2.75) is 38.8 Å². The average Bonchev–Trinajstić information content (AvgIpc) is 3.12. The van der Waals surface area contributed by atoms with Gasteiger partial charge in [-0.25, -0.2) is 9.79 Å². The number of amides is 2. The number of aryl methyl sites for hydroxylation is 1. The van der Waals surface area contributed by atoms with Crippen molar-refractivity contribution in [3.63, 3.8) is 0 Å². The first-order valence-corrected chi connectivity index (χ1v) is 12.1. The van der Waals surface area contributed by atoms with Gasteiger partial charge in [0.1, 0.15) is 5.04 Å². The number of carbonyl (C=O) groups is 1. The molecule has 0 aliphatic carbocycles. The highest BCUT2D eigenvalue weighted by Crippen LogP contribution is 2.36. The third-order valence-corrected chi connectivity index (χ3v) is 6.97. The topological polar surface area (TPSA) is 57.1 Å². The van der Waals surface area contributed by atoms with Crippen LogP contribution in [0.25, 0.3) is 0 Å². The van der Waals surface area contributed by atoms with Crippen LogP contribution in [0, 0.1) is 6.92 Å². The van der Waals surface area contributed by atoms with E-state index in [0.717, 1.165) is 47.0 Å². The van der Waals surface area contributed by atoms with Crippen molar-refractivity contribution in [2.75, 3.05) is 24.2 Å². The van der Waals surface area contributed by atoms with Crippen molar-refractivity contribution in [1.29, 1.82) is 0 Å². The number of rotatable bonds is 4. The SMILES string of the molecule is CCCSC1=NC2(CCN(C(=O)Nc3ccc(C)cc3)CC2)N=C1c1ccc(Cl)cc1. The van der Waals surface area contributed by atoms with E-state index in [1.807, 2.05) is 60.4 Å². The van der Waals surface area contributed by atoms with E-state index in [2.05, 4.69) is 12.2 Å². The smallest absolute Gasteiger partial charge is 0.321 e. The molecule has 0 radical (unpaired) electrons. The summed E-state index contributed by atoms with van der Waals surface area (Å²) >= 11 is 7.84. The second-order valence-electron chi connectivity index (χ2n) is 8.00. The van der Waals surface area contributed by atoms with Crippen LogP contribution in [0.1, 0.15) is 37.3 Å². The Morgan fingerprint density at radius 2 is 1.77 bits per heavy atom. The molecule has 0 aromatic heterocycles. The first-order valence-electron chi connectivity index (χ1n) is 10.7. The average molecular weight is 455 g/mol. The van der Waals surface area contributed by atoms with Crippen molar-refractivity contribution >= 4 is 45.8 Å². The Morgan fingerprint density at radius 1 is 1.10 bits per heavy atom. The van der Waals surface area contributed by atoms with E-state index in [1.54, 1.807) is 11.8 Å². The molecule has 2 amide bonds. The van der Waals surface area contributed by atoms with E-state index < -0.39 is 5.66 Å². The van der Waals surface area contributed by atoms with Gasteiger partial charge < -0.3 is 10.2 Å². The Labute approximate surface area is 193 Å². The summed E-state index contributed by atoms with van der Waals surface area (Å²) in [5.41, 5.74) is 3.51. The number of nitrogens with one attached hydrogen (secondary N) is 1. The normalized spacial score (nSPS) is 17.5. The minimum atomic E-state index is -0.467. The van der Waals surface area contributed by atoms with Gasteiger partial charge in [-0.15, -0.1) is 11.8 Å². The Kier molecular flexibility index (Phi) is 6.68. The fraction of sp³-hybridized carbons (Fsp3) is 0.375. The van der Waals surface area contributed by atoms with Crippen molar-refractivity contribution in [3.8, 4) is 0 Å². The summed E-state index contributed by atoms with van der Waals surface area (Å²) in [7, 11) is 0. The maximum absolute atomic E-state index is 12.7. The van der Waals surface area contributed by atoms with Crippen LogP contribution < -0.4 is 5.32 Å². The lowest BCUT2D eigenvalue weighted by Gasteiger charge is -2.35. The zero-order valence-corrected chi connectivity index (χ0v) is 19.5. The monoisotopic (exact) mass is 454 g/mol. The van der Waals surface area contributed by atoms with Crippen LogP contribution >= 0.6 is 23.4 Å². The summed E-state index contributed by atoms with van der Waals surface area (Å²) < 4.78 is 0. The highest BCUT2D eigenvalue weighted by Gasteiger charge is 2.40. The predicted molar refractivity (Wildman–Crippen MR) is 132 cm³/mol. The number of thioether (sulfide) groups is 1. The van der Waals surface area contributed by atoms with E-state index in [9.17, 15) is 4.79 Å². The summed E-state index contributed by atoms with van der Waals surface area (Å²) in [5.74, 6) is 1.01. The van der Waals surface area contributed by atoms with E-state index in [4.69, 9.17) is 21.6 Å². The zero-order valence-electron chi connectivity index (χ0n) is 17.9. The molecule has 0 bridgehead atoms. The number of halogens is 1. The van der Waals surface area contributed by atoms with Gasteiger partial charge in [-0.3, -0.25) is 4.99 Å². The molecule has 0 saturated carbocycles. The number of carbonyl (C=O) groups excluding carboxylic acids is 1. The third kappa shape index (κ3) is 5.13. The van der Waals surface area contributed by atoms with Gasteiger partial charge in [0, 0.05) is 42.2 Å². The van der Waals surface area contributed by atoms with Crippen LogP contribution in [0.15, 0.2) is 58.5 Å². The maximum Gasteiger partial charge on any atom is 0.321 e. The highest BCUT2D eigenvalue weighted by molar-refractivity contribution is 8.15. The van der Waals surface area contributed by atoms with Crippen molar-refractivity contribution in [2.24, 2.45) is 9.98 Å². The van der Waals surface area contributed by atoms with Crippen LogP contribution in [0.3, 0.4) is 0 Å². The summed E-state index contributed by atoms with van der Waals surface area (Å²) in [6.45, 7) is 5.46. The molecule has 31 heavy (non-hydrogen) atoms. The number of hydrogen-bond acceptors (Lipinski definition) is 4. The lowest BCUT2D eigenvalue weighted by molar-refractivity contribution is 0.175. The fourth-order valence-corrected chi connectivity index (χ4v) is 4.81. The summed E-state index contributed by atoms with van der Waals surface area (Å²) in [4.78, 5) is 24.7. The highest BCUT2D eigenvalue weighted by atomic mass is 35.5. The Balaban J connectivity index is 1.46. The number of anilines is 1. The Bertz CT molecular complexity index is 993. The number of likely N-dealkylation sites (tertiary alicyclic amines) is 1. The van der Waals surface area contributed by atoms with Gasteiger partial charge in [0.25, 0.3) is 0 Å². The van der Waals surface area contributed by atoms with Crippen LogP contribution in [-0.4, -0.2) is 46.2 Å². The second-order valence-corrected chi connectivity index (χ2v) is 9.52. The Morgan fingerprint density at radius 3 is 2.42 bits per heavy atom. The molecule has 2 aliphatic rings. The van der Waals surface area contributed by atoms with Gasteiger partial charge in [-0.05, 0) is 43.4 Å². The molecule has 1 spiro atoms. The molecule has 1 fully saturated rings. The second kappa shape index (κ2) is 9.45. The van der Waals surface area contributed by atoms with Gasteiger partial charge in [-0.2, -0.15) is 0 Å². The fourth-order valence-electron chi connectivity index (χ4n) is 3.75. The quantitative estimate of drug-likeness (QED) is 0.614. The number of benzene rings is 2. The van der Waals surface area contributed by atoms with Crippen molar-refractivity contribution in [1.82, 2.24) is 4.90 Å². The molecule has 162 valence electrons. The van der Waals surface area contributed by atoms with Crippen molar-refractivity contribution < 1.29 is 4.79 Å². The van der Waals surface area contributed by atoms with Gasteiger partial charge in [-0.1, -0.05) is 48.4 Å². The molecule has 1 saturated heterocycles. The molecule has 7 heteroatoms. The summed E-state index contributed by atoms with van der Waals surface area (Å²) in [6, 6.07) is 15.6. The number of urea groups is 1. The molecule has 2 aromatic rings. The van der Waals surface area contributed by atoms with E-state index >= 15 is 0 Å². The standard InChI is InChI=1S/C24H27ClN4OS/c1-3-16-31-22-21(18-6-8-19(25)9-7-18)27-24(28-22)12-14-29(15-13-24)23(30)26-20-10-4-17(2)5-11-20/h4-11H,3,12-16H2,1-2H3,(H,26,30). The molecule has 5 nitrogen and oxygen atoms in total. The van der Waals surface area contributed by atoms with Crippen molar-refractivity contribution in [3.05, 3.63) is 64.7 Å². The first-order chi connectivity index (χ1) is 15.0. The summed E-state index contributed by atoms with van der Waals surface area (Å²) in [5, 5.41) is 4.71. The number of aliphatic imine (C=N–C) groups is 2. The van der Waals surface area contributed by atoms with E-state index in [0.29, 0.717) is 18.1 Å². The largest absolute Gasteiger partial charge is 0.324 e. The third-order valence-electron chi connectivity index (χ3n) is 5.55. The molecular weight excluding hydrogens is 428 g/mol. The molecule has 2 aromatic carbocycles. The van der Waals surface area contributed by atoms with Gasteiger partial charge in [0.15, 0.2) is 5.66 Å². The van der Waals surface area contributed by atoms with Gasteiger partial charge in [0.05, 0.1) is 5.71 Å². The minimum Gasteiger partial charge on any atom is -0.324 e. The van der Waals surface area contributed by atoms with E-state index in [1.165, 1.54) is 5.56 Å². The van der Waals surface area contributed by atoms with E-state index in [-0.39, 0.29) is 6.03 Å². The molecular formula is C24H27ClN4OS. The minimum absolute atomic E-state index is 0.0665. The van der Waals surface area contributed by atoms with Crippen LogP contribution in [-0.2, 0) is 0 Å². The molecule has 4 rings (SSSR count). The zero-order chi connectivity index (χ0) is 21.8. The molecule has 2 heterocycles. The lowest BCUT2D eigenvalue weighted by Crippen LogP contribution is -2.46. The molecule has 0 atom stereocenters.